The van der Waals surface area contributed by atoms with E-state index in [1.165, 1.54) is 24.8 Å². The van der Waals surface area contributed by atoms with Gasteiger partial charge in [-0.05, 0) is 44.1 Å². The van der Waals surface area contributed by atoms with Crippen LogP contribution in [-0.4, -0.2) is 43.0 Å². The third-order valence-electron chi connectivity index (χ3n) is 6.39. The zero-order chi connectivity index (χ0) is 17.8. The van der Waals surface area contributed by atoms with Gasteiger partial charge in [0.1, 0.15) is 0 Å². The van der Waals surface area contributed by atoms with E-state index in [1.54, 1.807) is 0 Å². The molecule has 0 N–H and O–H groups in total. The first-order chi connectivity index (χ1) is 11.3. The molecule has 1 saturated heterocycles. The maximum absolute atomic E-state index is 6.41. The van der Waals surface area contributed by atoms with E-state index in [2.05, 4.69) is 46.1 Å². The Hall–Kier alpha value is -0.380. The SMILES string of the molecule is C=C(C)CN(CC)CCC1COC2(CCC(C(C)(C)CC)CC2)O1. The molecule has 2 fully saturated rings. The van der Waals surface area contributed by atoms with Crippen LogP contribution in [0.1, 0.15) is 73.1 Å². The highest BCUT2D eigenvalue weighted by atomic mass is 16.7. The lowest BCUT2D eigenvalue weighted by atomic mass is 9.68. The van der Waals surface area contributed by atoms with Gasteiger partial charge in [0, 0.05) is 25.9 Å². The van der Waals surface area contributed by atoms with Crippen LogP contribution in [0.3, 0.4) is 0 Å². The highest BCUT2D eigenvalue weighted by Crippen LogP contribution is 2.47. The molecule has 1 heterocycles. The lowest BCUT2D eigenvalue weighted by Gasteiger charge is -2.42. The van der Waals surface area contributed by atoms with E-state index in [9.17, 15) is 0 Å². The summed E-state index contributed by atoms with van der Waals surface area (Å²) in [6.07, 6.45) is 7.20. The molecule has 0 bridgehead atoms. The molecule has 3 heteroatoms. The molecule has 1 aliphatic carbocycles. The summed E-state index contributed by atoms with van der Waals surface area (Å²) < 4.78 is 12.6. The maximum Gasteiger partial charge on any atom is 0.168 e. The Labute approximate surface area is 149 Å². The van der Waals surface area contributed by atoms with Crippen molar-refractivity contribution in [2.75, 3.05) is 26.2 Å². The van der Waals surface area contributed by atoms with Crippen molar-refractivity contribution in [3.05, 3.63) is 12.2 Å². The Bertz CT molecular complexity index is 410. The second-order valence-corrected chi connectivity index (χ2v) is 8.69. The zero-order valence-corrected chi connectivity index (χ0v) is 16.7. The van der Waals surface area contributed by atoms with Crippen molar-refractivity contribution in [2.45, 2.75) is 85.0 Å². The van der Waals surface area contributed by atoms with Crippen LogP contribution in [0.25, 0.3) is 0 Å². The second-order valence-electron chi connectivity index (χ2n) is 8.69. The first-order valence-electron chi connectivity index (χ1n) is 9.98. The van der Waals surface area contributed by atoms with Crippen molar-refractivity contribution in [3.8, 4) is 0 Å². The molecule has 0 aromatic rings. The molecule has 3 nitrogen and oxygen atoms in total. The van der Waals surface area contributed by atoms with Gasteiger partial charge in [-0.25, -0.2) is 0 Å². The Kier molecular flexibility index (Phi) is 6.92. The fourth-order valence-electron chi connectivity index (χ4n) is 4.21. The quantitative estimate of drug-likeness (QED) is 0.581. The van der Waals surface area contributed by atoms with Crippen LogP contribution in [0.15, 0.2) is 12.2 Å². The zero-order valence-electron chi connectivity index (χ0n) is 16.7. The molecular weight excluding hydrogens is 298 g/mol. The van der Waals surface area contributed by atoms with Crippen LogP contribution in [0.2, 0.25) is 0 Å². The largest absolute Gasteiger partial charge is 0.347 e. The molecular formula is C21H39NO2. The summed E-state index contributed by atoms with van der Waals surface area (Å²) in [5, 5.41) is 0. The molecule has 0 aromatic heterocycles. The molecule has 1 saturated carbocycles. The average molecular weight is 338 g/mol. The summed E-state index contributed by atoms with van der Waals surface area (Å²) in [7, 11) is 0. The monoisotopic (exact) mass is 337 g/mol. The van der Waals surface area contributed by atoms with Gasteiger partial charge < -0.3 is 9.47 Å². The summed E-state index contributed by atoms with van der Waals surface area (Å²) in [5.41, 5.74) is 1.68. The van der Waals surface area contributed by atoms with Crippen LogP contribution >= 0.6 is 0 Å². The maximum atomic E-state index is 6.41. The van der Waals surface area contributed by atoms with Gasteiger partial charge in [0.2, 0.25) is 0 Å². The predicted molar refractivity (Wildman–Crippen MR) is 101 cm³/mol. The lowest BCUT2D eigenvalue weighted by Crippen LogP contribution is -2.39. The molecule has 24 heavy (non-hydrogen) atoms. The number of nitrogens with zero attached hydrogens (tertiary/aromatic N) is 1. The van der Waals surface area contributed by atoms with Crippen molar-refractivity contribution in [1.29, 1.82) is 0 Å². The van der Waals surface area contributed by atoms with Crippen molar-refractivity contribution in [3.63, 3.8) is 0 Å². The van der Waals surface area contributed by atoms with Crippen molar-refractivity contribution >= 4 is 0 Å². The Balaban J connectivity index is 1.78. The summed E-state index contributed by atoms with van der Waals surface area (Å²) >= 11 is 0. The van der Waals surface area contributed by atoms with E-state index >= 15 is 0 Å². The van der Waals surface area contributed by atoms with Crippen LogP contribution < -0.4 is 0 Å². The Morgan fingerprint density at radius 1 is 1.25 bits per heavy atom. The minimum absolute atomic E-state index is 0.264. The molecule has 2 rings (SSSR count). The molecule has 0 amide bonds. The van der Waals surface area contributed by atoms with Crippen LogP contribution in [0, 0.1) is 11.3 Å². The third kappa shape index (κ3) is 5.06. The van der Waals surface area contributed by atoms with E-state index in [4.69, 9.17) is 9.47 Å². The summed E-state index contributed by atoms with van der Waals surface area (Å²) in [4.78, 5) is 2.44. The Morgan fingerprint density at radius 3 is 2.46 bits per heavy atom. The number of rotatable bonds is 8. The highest BCUT2D eigenvalue weighted by Gasteiger charge is 2.46. The summed E-state index contributed by atoms with van der Waals surface area (Å²) in [6.45, 7) is 19.4. The second kappa shape index (κ2) is 8.33. The molecule has 1 spiro atoms. The van der Waals surface area contributed by atoms with Gasteiger partial charge in [0.05, 0.1) is 12.7 Å². The summed E-state index contributed by atoms with van der Waals surface area (Å²) in [5.74, 6) is 0.543. The van der Waals surface area contributed by atoms with Crippen molar-refractivity contribution in [2.24, 2.45) is 11.3 Å². The van der Waals surface area contributed by atoms with Crippen molar-refractivity contribution in [1.82, 2.24) is 4.90 Å². The first-order valence-corrected chi connectivity index (χ1v) is 9.98. The van der Waals surface area contributed by atoms with Crippen LogP contribution in [0.4, 0.5) is 0 Å². The van der Waals surface area contributed by atoms with E-state index in [-0.39, 0.29) is 11.9 Å². The normalized spacial score (nSPS) is 31.1. The van der Waals surface area contributed by atoms with Crippen LogP contribution in [0.5, 0.6) is 0 Å². The Morgan fingerprint density at radius 2 is 1.92 bits per heavy atom. The molecule has 0 radical (unpaired) electrons. The number of ether oxygens (including phenoxy) is 2. The van der Waals surface area contributed by atoms with Crippen molar-refractivity contribution < 1.29 is 9.47 Å². The summed E-state index contributed by atoms with van der Waals surface area (Å²) in [6, 6.07) is 0. The van der Waals surface area contributed by atoms with Gasteiger partial charge in [-0.3, -0.25) is 4.90 Å². The van der Waals surface area contributed by atoms with E-state index in [0.717, 1.165) is 51.4 Å². The fourth-order valence-corrected chi connectivity index (χ4v) is 4.21. The predicted octanol–water partition coefficient (Wildman–Crippen LogP) is 5.01. The van der Waals surface area contributed by atoms with Gasteiger partial charge in [-0.15, -0.1) is 0 Å². The molecule has 1 unspecified atom stereocenters. The van der Waals surface area contributed by atoms with E-state index < -0.39 is 0 Å². The number of likely N-dealkylation sites (N-methyl/N-ethyl adjacent to an activating group) is 1. The highest BCUT2D eigenvalue weighted by molar-refractivity contribution is 4.92. The smallest absolute Gasteiger partial charge is 0.168 e. The third-order valence-corrected chi connectivity index (χ3v) is 6.39. The molecule has 140 valence electrons. The number of hydrogen-bond acceptors (Lipinski definition) is 3. The average Bonchev–Trinajstić information content (AvgIpc) is 2.94. The minimum atomic E-state index is -0.267. The van der Waals surface area contributed by atoms with Gasteiger partial charge in [0.15, 0.2) is 5.79 Å². The molecule has 0 aromatic carbocycles. The van der Waals surface area contributed by atoms with E-state index in [1.807, 2.05) is 0 Å². The molecule has 2 aliphatic rings. The standard InChI is InChI=1S/C21H39NO2/c1-7-20(5,6)18-9-12-21(13-10-18)23-16-19(24-21)11-14-22(8-2)15-17(3)4/h18-19H,3,7-16H2,1-2,4-6H3. The minimum Gasteiger partial charge on any atom is -0.347 e. The first kappa shape index (κ1) is 19.9. The lowest BCUT2D eigenvalue weighted by molar-refractivity contribution is -0.197. The van der Waals surface area contributed by atoms with Gasteiger partial charge in [0.25, 0.3) is 0 Å². The van der Waals surface area contributed by atoms with Gasteiger partial charge >= 0.3 is 0 Å². The van der Waals surface area contributed by atoms with Gasteiger partial charge in [-0.1, -0.05) is 46.3 Å². The van der Waals surface area contributed by atoms with E-state index in [0.29, 0.717) is 5.41 Å². The fraction of sp³-hybridized carbons (Fsp3) is 0.905. The number of hydrogen-bond donors (Lipinski definition) is 0. The topological polar surface area (TPSA) is 21.7 Å². The van der Waals surface area contributed by atoms with Gasteiger partial charge in [-0.2, -0.15) is 0 Å². The van der Waals surface area contributed by atoms with Crippen LogP contribution in [-0.2, 0) is 9.47 Å². The molecule has 1 aliphatic heterocycles. The molecule has 1 atom stereocenters.